The molecular formula is C48H32Cl2N4Ru. The molecule has 55 heavy (non-hydrogen) atoms. The zero-order valence-corrected chi connectivity index (χ0v) is 32.6. The first-order chi connectivity index (χ1) is 27.2. The number of hydrogen-bond acceptors (Lipinski definition) is 4. The summed E-state index contributed by atoms with van der Waals surface area (Å²) in [7, 11) is 9.71. The predicted octanol–water partition coefficient (Wildman–Crippen LogP) is 13.6. The van der Waals surface area contributed by atoms with E-state index < -0.39 is 0 Å². The van der Waals surface area contributed by atoms with Gasteiger partial charge in [-0.3, -0.25) is 9.97 Å². The van der Waals surface area contributed by atoms with Gasteiger partial charge in [-0.05, 0) is 35.4 Å². The van der Waals surface area contributed by atoms with Crippen molar-refractivity contribution in [3.8, 4) is 44.8 Å². The van der Waals surface area contributed by atoms with E-state index in [9.17, 15) is 0 Å². The van der Waals surface area contributed by atoms with Gasteiger partial charge in [0.25, 0.3) is 0 Å². The normalized spacial score (nSPS) is 10.9. The van der Waals surface area contributed by atoms with E-state index in [1.54, 1.807) is 0 Å². The Morgan fingerprint density at radius 2 is 0.655 bits per heavy atom. The van der Waals surface area contributed by atoms with Gasteiger partial charge in [0.1, 0.15) is 0 Å². The Morgan fingerprint density at radius 1 is 0.327 bits per heavy atom. The molecule has 0 N–H and O–H groups in total. The average Bonchev–Trinajstić information content (AvgIpc) is 3.27. The summed E-state index contributed by atoms with van der Waals surface area (Å²) in [6, 6.07) is 62.6. The molecule has 4 nitrogen and oxygen atoms in total. The van der Waals surface area contributed by atoms with Crippen LogP contribution < -0.4 is 0 Å². The molecule has 0 saturated heterocycles. The molecule has 10 aromatic rings. The van der Waals surface area contributed by atoms with E-state index in [-0.39, 0.29) is 15.1 Å². The minimum atomic E-state index is -0.346. The molecule has 0 fully saturated rings. The molecule has 10 rings (SSSR count). The summed E-state index contributed by atoms with van der Waals surface area (Å²) in [5, 5.41) is 4.43. The van der Waals surface area contributed by atoms with E-state index in [0.717, 1.165) is 77.3 Å². The summed E-state index contributed by atoms with van der Waals surface area (Å²) in [5.41, 5.74) is 12.6. The first-order valence-corrected chi connectivity index (χ1v) is 22.1. The minimum absolute atomic E-state index is 0.346. The third-order valence-electron chi connectivity index (χ3n) is 9.38. The molecule has 0 saturated carbocycles. The van der Waals surface area contributed by atoms with Gasteiger partial charge >= 0.3 is 34.5 Å². The van der Waals surface area contributed by atoms with Crippen molar-refractivity contribution in [2.45, 2.75) is 0 Å². The second-order valence-corrected chi connectivity index (χ2v) is 15.3. The van der Waals surface area contributed by atoms with E-state index in [1.807, 2.05) is 48.8 Å². The maximum absolute atomic E-state index is 5.09. The molecule has 0 radical (unpaired) electrons. The third-order valence-corrected chi connectivity index (χ3v) is 9.38. The van der Waals surface area contributed by atoms with Crippen molar-refractivity contribution in [3.63, 3.8) is 0 Å². The quantitative estimate of drug-likeness (QED) is 0.131. The van der Waals surface area contributed by atoms with E-state index in [0.29, 0.717) is 0 Å². The van der Waals surface area contributed by atoms with Crippen LogP contribution in [0.1, 0.15) is 0 Å². The molecular weight excluding hydrogens is 805 g/mol. The van der Waals surface area contributed by atoms with Crippen LogP contribution in [0, 0.1) is 0 Å². The summed E-state index contributed by atoms with van der Waals surface area (Å²) >= 11 is -0.346. The first kappa shape index (κ1) is 36.2. The zero-order chi connectivity index (χ0) is 37.4. The monoisotopic (exact) mass is 836 g/mol. The average molecular weight is 837 g/mol. The van der Waals surface area contributed by atoms with Gasteiger partial charge < -0.3 is 0 Å². The Bertz CT molecular complexity index is 2660. The van der Waals surface area contributed by atoms with Gasteiger partial charge in [0.15, 0.2) is 0 Å². The Kier molecular flexibility index (Phi) is 11.2. The summed E-state index contributed by atoms with van der Waals surface area (Å²) in [6.45, 7) is 0. The number of rotatable bonds is 4. The fraction of sp³-hybridized carbons (Fsp3) is 0. The second kappa shape index (κ2) is 17.1. The van der Waals surface area contributed by atoms with Crippen LogP contribution in [-0.4, -0.2) is 19.9 Å². The molecule has 0 unspecified atom stereocenters. The zero-order valence-electron chi connectivity index (χ0n) is 29.4. The Morgan fingerprint density at radius 3 is 1.02 bits per heavy atom. The van der Waals surface area contributed by atoms with Crippen molar-refractivity contribution in [2.24, 2.45) is 0 Å². The van der Waals surface area contributed by atoms with Crippen LogP contribution in [0.15, 0.2) is 194 Å². The van der Waals surface area contributed by atoms with Crippen molar-refractivity contribution < 1.29 is 15.1 Å². The number of hydrogen-bond donors (Lipinski definition) is 0. The van der Waals surface area contributed by atoms with Gasteiger partial charge in [0, 0.05) is 56.2 Å². The number of halogens is 2. The maximum atomic E-state index is 5.09. The Labute approximate surface area is 335 Å². The van der Waals surface area contributed by atoms with E-state index in [4.69, 9.17) is 29.4 Å². The number of nitrogens with zero attached hydrogens (tertiary/aromatic N) is 4. The van der Waals surface area contributed by atoms with Gasteiger partial charge in [-0.2, -0.15) is 0 Å². The van der Waals surface area contributed by atoms with Crippen LogP contribution >= 0.6 is 19.4 Å². The number of aromatic nitrogens is 4. The van der Waals surface area contributed by atoms with Crippen LogP contribution in [0.5, 0.6) is 0 Å². The van der Waals surface area contributed by atoms with Crippen LogP contribution in [0.3, 0.4) is 0 Å². The van der Waals surface area contributed by atoms with Crippen LogP contribution in [-0.2, 0) is 15.1 Å². The molecule has 0 spiro atoms. The van der Waals surface area contributed by atoms with Crippen molar-refractivity contribution in [1.29, 1.82) is 0 Å². The summed E-state index contributed by atoms with van der Waals surface area (Å²) < 4.78 is 0. The van der Waals surface area contributed by atoms with Crippen molar-refractivity contribution >= 4 is 63.0 Å². The molecule has 7 heteroatoms. The molecule has 0 aliphatic rings. The Balaban J connectivity index is 0.000000145. The molecule has 4 heterocycles. The SMILES string of the molecule is [Cl][Ru][Cl].c1ccc(-c2cc3ccc4cccnc4c3nc2-c2ccccc2)cc1.c1ccc(-c2cc3ccc4cccnc4c3nc2-c2ccccc2)cc1. The number of pyridine rings is 4. The van der Waals surface area contributed by atoms with E-state index >= 15 is 0 Å². The molecule has 4 aromatic heterocycles. The van der Waals surface area contributed by atoms with Crippen LogP contribution in [0.2, 0.25) is 0 Å². The topological polar surface area (TPSA) is 51.6 Å². The molecule has 266 valence electrons. The predicted molar refractivity (Wildman–Crippen MR) is 228 cm³/mol. The number of benzene rings is 6. The Hall–Kier alpha value is -5.84. The fourth-order valence-electron chi connectivity index (χ4n) is 6.86. The first-order valence-electron chi connectivity index (χ1n) is 17.7. The molecule has 0 aliphatic heterocycles. The van der Waals surface area contributed by atoms with E-state index in [2.05, 4.69) is 156 Å². The van der Waals surface area contributed by atoms with Gasteiger partial charge in [-0.1, -0.05) is 158 Å². The molecule has 0 aliphatic carbocycles. The summed E-state index contributed by atoms with van der Waals surface area (Å²) in [6.07, 6.45) is 3.66. The third kappa shape index (κ3) is 7.88. The van der Waals surface area contributed by atoms with Crippen LogP contribution in [0.25, 0.3) is 88.4 Å². The van der Waals surface area contributed by atoms with Gasteiger partial charge in [0.05, 0.1) is 33.5 Å². The van der Waals surface area contributed by atoms with Gasteiger partial charge in [-0.15, -0.1) is 0 Å². The molecule has 0 bridgehead atoms. The van der Waals surface area contributed by atoms with E-state index in [1.165, 1.54) is 11.1 Å². The van der Waals surface area contributed by atoms with Crippen LogP contribution in [0.4, 0.5) is 0 Å². The molecule has 0 atom stereocenters. The summed E-state index contributed by atoms with van der Waals surface area (Å²) in [5.74, 6) is 0. The molecule has 0 amide bonds. The largest absolute Gasteiger partial charge is 0.254 e. The van der Waals surface area contributed by atoms with Crippen molar-refractivity contribution in [2.75, 3.05) is 0 Å². The second-order valence-electron chi connectivity index (χ2n) is 12.7. The van der Waals surface area contributed by atoms with Gasteiger partial charge in [-0.25, -0.2) is 9.97 Å². The number of fused-ring (bicyclic) bond motifs is 6. The van der Waals surface area contributed by atoms with Crippen molar-refractivity contribution in [1.82, 2.24) is 19.9 Å². The maximum Gasteiger partial charge on any atom is 0.0972 e. The molecule has 6 aromatic carbocycles. The van der Waals surface area contributed by atoms with Gasteiger partial charge in [0.2, 0.25) is 0 Å². The standard InChI is InChI=1S/2C24H16N2.2ClH.Ru/c2*1-3-8-17(9-4-1)21-16-20-14-13-19-12-7-15-25-23(19)24(20)26-22(21)18-10-5-2-6-11-18;;;/h2*1-16H;2*1H;/q;;;;+2/p-2. The minimum Gasteiger partial charge on any atom is -0.254 e. The fourth-order valence-corrected chi connectivity index (χ4v) is 6.86. The van der Waals surface area contributed by atoms with Crippen molar-refractivity contribution in [3.05, 3.63) is 194 Å². The smallest absolute Gasteiger partial charge is 0.0972 e. The summed E-state index contributed by atoms with van der Waals surface area (Å²) in [4.78, 5) is 19.3.